The molecule has 1 atom stereocenters. The van der Waals surface area contributed by atoms with Gasteiger partial charge in [-0.1, -0.05) is 0 Å². The molecular weight excluding hydrogens is 635 g/mol. The summed E-state index contributed by atoms with van der Waals surface area (Å²) in [7, 11) is 0. The Morgan fingerprint density at radius 2 is 1.17 bits per heavy atom. The second kappa shape index (κ2) is 11.6. The maximum Gasteiger partial charge on any atom is -1.00 e. The van der Waals surface area contributed by atoms with Crippen LogP contribution in [0, 0.1) is 0 Å². The van der Waals surface area contributed by atoms with E-state index in [1.54, 1.807) is 22.3 Å². The summed E-state index contributed by atoms with van der Waals surface area (Å²) in [5.41, 5.74) is 13.8. The molecular formula is C37H42Cl2SiZr. The quantitative estimate of drug-likeness (QED) is 0.274. The summed E-state index contributed by atoms with van der Waals surface area (Å²) in [6.07, 6.45) is 2.56. The van der Waals surface area contributed by atoms with Gasteiger partial charge < -0.3 is 24.8 Å². The van der Waals surface area contributed by atoms with Gasteiger partial charge in [0.25, 0.3) is 0 Å². The maximum absolute atomic E-state index is 2.64. The molecule has 4 aromatic rings. The van der Waals surface area contributed by atoms with Crippen LogP contribution in [0.2, 0.25) is 13.1 Å². The van der Waals surface area contributed by atoms with Crippen molar-refractivity contribution in [2.24, 2.45) is 0 Å². The largest absolute Gasteiger partial charge is 1.00 e. The smallest absolute Gasteiger partial charge is 1.00 e. The molecule has 4 aromatic carbocycles. The van der Waals surface area contributed by atoms with Crippen LogP contribution in [0.25, 0.3) is 28.0 Å². The number of halogens is 2. The van der Waals surface area contributed by atoms with Crippen LogP contribution in [0.3, 0.4) is 0 Å². The number of fused-ring (bicyclic) bond motifs is 6. The summed E-state index contributed by atoms with van der Waals surface area (Å²) < 4.78 is 1.26. The first-order chi connectivity index (χ1) is 18.4. The van der Waals surface area contributed by atoms with Crippen LogP contribution in [0.5, 0.6) is 0 Å². The van der Waals surface area contributed by atoms with Gasteiger partial charge in [0, 0.05) is 0 Å². The van der Waals surface area contributed by atoms with Gasteiger partial charge in [0.2, 0.25) is 0 Å². The summed E-state index contributed by atoms with van der Waals surface area (Å²) >= 11 is -2.19. The summed E-state index contributed by atoms with van der Waals surface area (Å²) in [6, 6.07) is 28.8. The predicted molar refractivity (Wildman–Crippen MR) is 169 cm³/mol. The van der Waals surface area contributed by atoms with Crippen LogP contribution in [0.15, 0.2) is 78.4 Å². The van der Waals surface area contributed by atoms with Crippen LogP contribution in [0.4, 0.5) is 0 Å². The second-order valence-corrected chi connectivity index (χ2v) is 32.0. The molecule has 0 aliphatic heterocycles. The van der Waals surface area contributed by atoms with Crippen LogP contribution in [-0.2, 0) is 31.2 Å². The molecule has 41 heavy (non-hydrogen) atoms. The van der Waals surface area contributed by atoms with E-state index in [1.807, 2.05) is 0 Å². The minimum atomic E-state index is -2.19. The van der Waals surface area contributed by atoms with Gasteiger partial charge in [0.05, 0.1) is 0 Å². The Hall–Kier alpha value is -1.44. The van der Waals surface area contributed by atoms with Crippen molar-refractivity contribution >= 4 is 22.3 Å². The summed E-state index contributed by atoms with van der Waals surface area (Å²) in [6.45, 7) is 21.9. The first kappa shape index (κ1) is 32.5. The minimum absolute atomic E-state index is 0. The molecule has 0 saturated heterocycles. The number of allylic oxidation sites excluding steroid dienone is 1. The van der Waals surface area contributed by atoms with Gasteiger partial charge in [-0.05, 0) is 0 Å². The van der Waals surface area contributed by atoms with Gasteiger partial charge >= 0.3 is 245 Å². The van der Waals surface area contributed by atoms with Crippen molar-refractivity contribution in [1.82, 2.24) is 0 Å². The molecule has 0 radical (unpaired) electrons. The van der Waals surface area contributed by atoms with Gasteiger partial charge in [-0.2, -0.15) is 0 Å². The van der Waals surface area contributed by atoms with E-state index in [9.17, 15) is 0 Å². The molecule has 0 amide bonds. The molecule has 0 nitrogen and oxygen atoms in total. The monoisotopic (exact) mass is 674 g/mol. The average molecular weight is 677 g/mol. The zero-order valence-electron chi connectivity index (χ0n) is 25.9. The molecule has 2 aliphatic rings. The Bertz CT molecular complexity index is 1650. The molecule has 0 N–H and O–H groups in total. The molecule has 0 saturated carbocycles. The third-order valence-electron chi connectivity index (χ3n) is 9.09. The topological polar surface area (TPSA) is 0 Å². The fourth-order valence-electron chi connectivity index (χ4n) is 6.97. The van der Waals surface area contributed by atoms with E-state index in [0.717, 1.165) is 0 Å². The Morgan fingerprint density at radius 3 is 1.68 bits per heavy atom. The molecule has 1 unspecified atom stereocenters. The van der Waals surface area contributed by atoms with E-state index >= 15 is 0 Å². The molecule has 0 aromatic heterocycles. The predicted octanol–water partition coefficient (Wildman–Crippen LogP) is 4.54. The Morgan fingerprint density at radius 1 is 0.634 bits per heavy atom. The molecule has 0 heterocycles. The molecule has 212 valence electrons. The SMILES string of the molecule is CC1=Cc2c(ccc3ccccc23)[CH]1[Zr+2]([CH]1c2cc(C(C)(C)C)ccc2-c2ccc(C(C)(C)C)cc21)=[Si](C)C.[Cl-].[Cl-]. The summed E-state index contributed by atoms with van der Waals surface area (Å²) in [4.78, 5) is 0. The van der Waals surface area contributed by atoms with Crippen LogP contribution >= 0.6 is 0 Å². The molecule has 0 bridgehead atoms. The van der Waals surface area contributed by atoms with Crippen LogP contribution < -0.4 is 24.8 Å². The van der Waals surface area contributed by atoms with Crippen molar-refractivity contribution in [1.29, 1.82) is 0 Å². The average Bonchev–Trinajstić information content (AvgIpc) is 3.37. The zero-order chi connectivity index (χ0) is 27.9. The first-order valence-corrected chi connectivity index (χ1v) is 23.5. The Balaban J connectivity index is 0.00000194. The fraction of sp³-hybridized carbons (Fsp3) is 0.351. The summed E-state index contributed by atoms with van der Waals surface area (Å²) in [5.74, 6) is 0. The normalized spacial score (nSPS) is 15.6. The van der Waals surface area contributed by atoms with E-state index in [2.05, 4.69) is 140 Å². The number of benzene rings is 4. The molecule has 0 spiro atoms. The standard InChI is InChI=1S/C21H25.C14H11.C2H6Si.2ClH.Zr/c1-20(2,3)16-7-9-18-14(12-16)11-15-13-17(21(4,5)6)8-10-19(15)18;1-10-8-12-7-6-11-4-2-3-5-13(11)14(12)9-10;1-3-2;;;/h7-13H,1-6H3;2-9H,1H3;1-2H3;2*1H;/q;;;;;+2/p-2. The molecule has 2 aliphatic carbocycles. The van der Waals surface area contributed by atoms with Crippen LogP contribution in [0.1, 0.15) is 89.1 Å². The number of hydrogen-bond acceptors (Lipinski definition) is 0. The van der Waals surface area contributed by atoms with Gasteiger partial charge in [0.1, 0.15) is 0 Å². The van der Waals surface area contributed by atoms with E-state index in [0.29, 0.717) is 7.25 Å². The number of rotatable bonds is 2. The van der Waals surface area contributed by atoms with Gasteiger partial charge in [-0.3, -0.25) is 0 Å². The first-order valence-electron chi connectivity index (χ1n) is 14.5. The van der Waals surface area contributed by atoms with Crippen LogP contribution in [-0.4, -0.2) is 5.43 Å². The second-order valence-electron chi connectivity index (χ2n) is 14.1. The van der Waals surface area contributed by atoms with Crippen molar-refractivity contribution in [2.45, 2.75) is 79.6 Å². The van der Waals surface area contributed by atoms with Gasteiger partial charge in [0.15, 0.2) is 0 Å². The molecule has 6 rings (SSSR count). The maximum atomic E-state index is 2.64. The fourth-order valence-corrected chi connectivity index (χ4v) is 27.2. The van der Waals surface area contributed by atoms with E-state index in [4.69, 9.17) is 0 Å². The van der Waals surface area contributed by atoms with Crippen molar-refractivity contribution < 1.29 is 45.2 Å². The van der Waals surface area contributed by atoms with Crippen molar-refractivity contribution in [3.05, 3.63) is 112 Å². The van der Waals surface area contributed by atoms with E-state index in [-0.39, 0.29) is 35.6 Å². The van der Waals surface area contributed by atoms with Crippen molar-refractivity contribution in [2.75, 3.05) is 0 Å². The van der Waals surface area contributed by atoms with Gasteiger partial charge in [-0.25, -0.2) is 0 Å². The zero-order valence-corrected chi connectivity index (χ0v) is 30.9. The third kappa shape index (κ3) is 5.53. The molecule has 4 heteroatoms. The molecule has 0 fully saturated rings. The van der Waals surface area contributed by atoms with E-state index in [1.165, 1.54) is 38.6 Å². The van der Waals surface area contributed by atoms with Crippen molar-refractivity contribution in [3.63, 3.8) is 0 Å². The Labute approximate surface area is 268 Å². The van der Waals surface area contributed by atoms with Crippen molar-refractivity contribution in [3.8, 4) is 11.1 Å². The van der Waals surface area contributed by atoms with E-state index < -0.39 is 25.8 Å². The summed E-state index contributed by atoms with van der Waals surface area (Å²) in [5, 5.41) is 2.80. The number of hydrogen-bond donors (Lipinski definition) is 0. The third-order valence-corrected chi connectivity index (χ3v) is 28.6. The van der Waals surface area contributed by atoms with Gasteiger partial charge in [-0.15, -0.1) is 0 Å². The minimum Gasteiger partial charge on any atom is -1.00 e. The Kier molecular flexibility index (Phi) is 9.17.